The Bertz CT molecular complexity index is 318. The van der Waals surface area contributed by atoms with Crippen LogP contribution in [0, 0.1) is 6.92 Å². The van der Waals surface area contributed by atoms with Crippen molar-refractivity contribution in [2.45, 2.75) is 26.7 Å². The normalized spacial score (nSPS) is 13.4. The van der Waals surface area contributed by atoms with Crippen LogP contribution in [-0.2, 0) is 6.42 Å². The molecule has 1 aromatic carbocycles. The molecule has 1 heterocycles. The number of rotatable bonds is 2. The SMILES string of the molecule is CCCc1ccc2c(c1C)OCO2. The second-order valence-corrected chi connectivity index (χ2v) is 3.33. The Labute approximate surface area is 78.5 Å². The van der Waals surface area contributed by atoms with Crippen LogP contribution in [-0.4, -0.2) is 6.79 Å². The lowest BCUT2D eigenvalue weighted by molar-refractivity contribution is 0.173. The Morgan fingerprint density at radius 1 is 1.31 bits per heavy atom. The molecule has 13 heavy (non-hydrogen) atoms. The van der Waals surface area contributed by atoms with Crippen LogP contribution in [0.25, 0.3) is 0 Å². The van der Waals surface area contributed by atoms with Crippen molar-refractivity contribution in [3.63, 3.8) is 0 Å². The van der Waals surface area contributed by atoms with Crippen LogP contribution in [0.3, 0.4) is 0 Å². The summed E-state index contributed by atoms with van der Waals surface area (Å²) in [5.74, 6) is 1.82. The van der Waals surface area contributed by atoms with Gasteiger partial charge in [0.15, 0.2) is 11.5 Å². The van der Waals surface area contributed by atoms with Crippen molar-refractivity contribution in [1.82, 2.24) is 0 Å². The molecular weight excluding hydrogens is 164 g/mol. The van der Waals surface area contributed by atoms with Gasteiger partial charge in [-0.3, -0.25) is 0 Å². The average Bonchev–Trinajstić information content (AvgIpc) is 2.58. The van der Waals surface area contributed by atoms with Gasteiger partial charge in [-0.05, 0) is 30.5 Å². The highest BCUT2D eigenvalue weighted by Gasteiger charge is 2.17. The van der Waals surface area contributed by atoms with Gasteiger partial charge < -0.3 is 9.47 Å². The van der Waals surface area contributed by atoms with E-state index in [4.69, 9.17) is 9.47 Å². The highest BCUT2D eigenvalue weighted by molar-refractivity contribution is 5.51. The summed E-state index contributed by atoms with van der Waals surface area (Å²) >= 11 is 0. The van der Waals surface area contributed by atoms with E-state index in [0.717, 1.165) is 17.9 Å². The van der Waals surface area contributed by atoms with Crippen LogP contribution < -0.4 is 9.47 Å². The molecule has 1 aromatic rings. The van der Waals surface area contributed by atoms with Gasteiger partial charge in [-0.1, -0.05) is 19.4 Å². The van der Waals surface area contributed by atoms with Gasteiger partial charge >= 0.3 is 0 Å². The Morgan fingerprint density at radius 3 is 2.92 bits per heavy atom. The maximum Gasteiger partial charge on any atom is 0.231 e. The van der Waals surface area contributed by atoms with E-state index in [2.05, 4.69) is 19.9 Å². The highest BCUT2D eigenvalue weighted by atomic mass is 16.7. The van der Waals surface area contributed by atoms with E-state index in [0.29, 0.717) is 6.79 Å². The molecule has 0 aromatic heterocycles. The second-order valence-electron chi connectivity index (χ2n) is 3.33. The van der Waals surface area contributed by atoms with E-state index in [-0.39, 0.29) is 0 Å². The van der Waals surface area contributed by atoms with E-state index >= 15 is 0 Å². The lowest BCUT2D eigenvalue weighted by Crippen LogP contribution is -1.94. The fraction of sp³-hybridized carbons (Fsp3) is 0.455. The Balaban J connectivity index is 2.40. The molecule has 0 fully saturated rings. The summed E-state index contributed by atoms with van der Waals surface area (Å²) in [6, 6.07) is 4.13. The van der Waals surface area contributed by atoms with E-state index in [1.54, 1.807) is 0 Å². The first kappa shape index (κ1) is 8.42. The summed E-state index contributed by atoms with van der Waals surface area (Å²) in [6.45, 7) is 4.65. The molecule has 0 saturated heterocycles. The van der Waals surface area contributed by atoms with E-state index in [1.807, 2.05) is 6.07 Å². The van der Waals surface area contributed by atoms with E-state index in [9.17, 15) is 0 Å². The van der Waals surface area contributed by atoms with Crippen molar-refractivity contribution < 1.29 is 9.47 Å². The zero-order chi connectivity index (χ0) is 9.26. The molecule has 0 spiro atoms. The van der Waals surface area contributed by atoms with Crippen LogP contribution in [0.1, 0.15) is 24.5 Å². The third-order valence-electron chi connectivity index (χ3n) is 2.42. The third-order valence-corrected chi connectivity index (χ3v) is 2.42. The molecule has 1 aliphatic heterocycles. The summed E-state index contributed by atoms with van der Waals surface area (Å²) in [7, 11) is 0. The van der Waals surface area contributed by atoms with Crippen LogP contribution in [0.2, 0.25) is 0 Å². The van der Waals surface area contributed by atoms with Crippen molar-refractivity contribution in [2.75, 3.05) is 6.79 Å². The van der Waals surface area contributed by atoms with Crippen LogP contribution in [0.5, 0.6) is 11.5 Å². The minimum Gasteiger partial charge on any atom is -0.454 e. The zero-order valence-corrected chi connectivity index (χ0v) is 8.09. The number of fused-ring (bicyclic) bond motifs is 1. The molecule has 0 unspecified atom stereocenters. The summed E-state index contributed by atoms with van der Waals surface area (Å²) in [5, 5.41) is 0. The molecule has 2 nitrogen and oxygen atoms in total. The third kappa shape index (κ3) is 1.37. The van der Waals surface area contributed by atoms with Crippen molar-refractivity contribution >= 4 is 0 Å². The van der Waals surface area contributed by atoms with Gasteiger partial charge in [0.1, 0.15) is 0 Å². The number of hydrogen-bond acceptors (Lipinski definition) is 2. The quantitative estimate of drug-likeness (QED) is 0.693. The number of benzene rings is 1. The molecule has 0 aliphatic carbocycles. The molecule has 0 amide bonds. The first-order valence-corrected chi connectivity index (χ1v) is 4.71. The minimum atomic E-state index is 0.367. The topological polar surface area (TPSA) is 18.5 Å². The molecule has 1 aliphatic rings. The fourth-order valence-electron chi connectivity index (χ4n) is 1.69. The van der Waals surface area contributed by atoms with E-state index < -0.39 is 0 Å². The summed E-state index contributed by atoms with van der Waals surface area (Å²) in [4.78, 5) is 0. The highest BCUT2D eigenvalue weighted by Crippen LogP contribution is 2.37. The fourth-order valence-corrected chi connectivity index (χ4v) is 1.69. The number of hydrogen-bond donors (Lipinski definition) is 0. The molecular formula is C11H14O2. The van der Waals surface area contributed by atoms with Crippen LogP contribution in [0.15, 0.2) is 12.1 Å². The van der Waals surface area contributed by atoms with Gasteiger partial charge in [0.25, 0.3) is 0 Å². The van der Waals surface area contributed by atoms with Gasteiger partial charge in [0.05, 0.1) is 0 Å². The monoisotopic (exact) mass is 178 g/mol. The smallest absolute Gasteiger partial charge is 0.231 e. The Hall–Kier alpha value is -1.18. The number of aryl methyl sites for hydroxylation is 1. The maximum absolute atomic E-state index is 5.39. The predicted molar refractivity (Wildman–Crippen MR) is 51.3 cm³/mol. The van der Waals surface area contributed by atoms with Crippen molar-refractivity contribution in [2.24, 2.45) is 0 Å². The summed E-state index contributed by atoms with van der Waals surface area (Å²) < 4.78 is 10.7. The lowest BCUT2D eigenvalue weighted by atomic mass is 10.0. The molecule has 70 valence electrons. The van der Waals surface area contributed by atoms with E-state index in [1.165, 1.54) is 17.5 Å². The average molecular weight is 178 g/mol. The predicted octanol–water partition coefficient (Wildman–Crippen LogP) is 2.68. The lowest BCUT2D eigenvalue weighted by Gasteiger charge is -2.06. The van der Waals surface area contributed by atoms with Crippen LogP contribution >= 0.6 is 0 Å². The minimum absolute atomic E-state index is 0.367. The first-order valence-electron chi connectivity index (χ1n) is 4.71. The van der Waals surface area contributed by atoms with Crippen molar-refractivity contribution in [3.8, 4) is 11.5 Å². The second kappa shape index (κ2) is 3.29. The van der Waals surface area contributed by atoms with Crippen LogP contribution in [0.4, 0.5) is 0 Å². The molecule has 0 atom stereocenters. The zero-order valence-electron chi connectivity index (χ0n) is 8.09. The first-order chi connectivity index (χ1) is 6.33. The number of ether oxygens (including phenoxy) is 2. The molecule has 0 bridgehead atoms. The molecule has 0 saturated carbocycles. The van der Waals surface area contributed by atoms with Crippen molar-refractivity contribution in [1.29, 1.82) is 0 Å². The van der Waals surface area contributed by atoms with Gasteiger partial charge in [-0.15, -0.1) is 0 Å². The molecule has 0 radical (unpaired) electrons. The van der Waals surface area contributed by atoms with Gasteiger partial charge in [0, 0.05) is 0 Å². The van der Waals surface area contributed by atoms with Gasteiger partial charge in [-0.25, -0.2) is 0 Å². The molecule has 2 rings (SSSR count). The summed E-state index contributed by atoms with van der Waals surface area (Å²) in [6.07, 6.45) is 2.28. The Morgan fingerprint density at radius 2 is 2.15 bits per heavy atom. The molecule has 0 N–H and O–H groups in total. The largest absolute Gasteiger partial charge is 0.454 e. The Kier molecular flexibility index (Phi) is 2.13. The maximum atomic E-state index is 5.39. The standard InChI is InChI=1S/C11H14O2/c1-3-4-9-5-6-10-11(8(9)2)13-7-12-10/h5-6H,3-4,7H2,1-2H3. The summed E-state index contributed by atoms with van der Waals surface area (Å²) in [5.41, 5.74) is 2.60. The van der Waals surface area contributed by atoms with Crippen molar-refractivity contribution in [3.05, 3.63) is 23.3 Å². The molecule has 2 heteroatoms. The van der Waals surface area contributed by atoms with Gasteiger partial charge in [-0.2, -0.15) is 0 Å². The van der Waals surface area contributed by atoms with Gasteiger partial charge in [0.2, 0.25) is 6.79 Å².